The minimum absolute atomic E-state index is 0.572. The minimum atomic E-state index is 0.572. The number of hydrogen-bond donors (Lipinski definition) is 0. The van der Waals surface area contributed by atoms with Gasteiger partial charge in [0.2, 0.25) is 5.95 Å². The Labute approximate surface area is 327 Å². The van der Waals surface area contributed by atoms with E-state index in [1.807, 2.05) is 18.2 Å². The van der Waals surface area contributed by atoms with Crippen LogP contribution in [0.5, 0.6) is 0 Å². The van der Waals surface area contributed by atoms with Gasteiger partial charge in [-0.3, -0.25) is 4.57 Å². The number of nitrogens with zero attached hydrogens (tertiary/aromatic N) is 6. The topological polar surface area (TPSA) is 53.5 Å². The zero-order chi connectivity index (χ0) is 37.5. The van der Waals surface area contributed by atoms with Gasteiger partial charge in [-0.25, -0.2) is 4.98 Å². The molecule has 0 saturated heterocycles. The molecule has 0 saturated carbocycles. The summed E-state index contributed by atoms with van der Waals surface area (Å²) in [7, 11) is 0. The van der Waals surface area contributed by atoms with Crippen molar-refractivity contribution in [1.82, 2.24) is 28.7 Å². The third-order valence-electron chi connectivity index (χ3n) is 11.3. The summed E-state index contributed by atoms with van der Waals surface area (Å²) in [4.78, 5) is 15.8. The van der Waals surface area contributed by atoms with E-state index in [4.69, 9.17) is 15.0 Å². The molecule has 6 nitrogen and oxygen atoms in total. The Hall–Kier alpha value is -7.83. The van der Waals surface area contributed by atoms with Crippen molar-refractivity contribution in [2.75, 3.05) is 0 Å². The lowest BCUT2D eigenvalue weighted by Crippen LogP contribution is -2.06. The summed E-state index contributed by atoms with van der Waals surface area (Å²) in [6.45, 7) is 0. The summed E-state index contributed by atoms with van der Waals surface area (Å²) in [5.74, 6) is 1.81. The summed E-state index contributed by atoms with van der Waals surface area (Å²) in [5.41, 5.74) is 10.8. The van der Waals surface area contributed by atoms with Crippen molar-refractivity contribution in [3.05, 3.63) is 194 Å². The van der Waals surface area contributed by atoms with Gasteiger partial charge in [0, 0.05) is 54.8 Å². The highest BCUT2D eigenvalue weighted by Crippen LogP contribution is 2.40. The van der Waals surface area contributed by atoms with Crippen molar-refractivity contribution in [3.63, 3.8) is 0 Å². The predicted molar refractivity (Wildman–Crippen MR) is 234 cm³/mol. The van der Waals surface area contributed by atoms with Crippen LogP contribution >= 0.6 is 0 Å². The van der Waals surface area contributed by atoms with Crippen molar-refractivity contribution in [2.24, 2.45) is 0 Å². The van der Waals surface area contributed by atoms with Crippen LogP contribution in [0.3, 0.4) is 0 Å². The van der Waals surface area contributed by atoms with E-state index in [-0.39, 0.29) is 0 Å². The Morgan fingerprint density at radius 1 is 0.263 bits per heavy atom. The molecule has 8 aromatic carbocycles. The van der Waals surface area contributed by atoms with Crippen molar-refractivity contribution in [3.8, 4) is 40.1 Å². The second-order valence-corrected chi connectivity index (χ2v) is 14.5. The van der Waals surface area contributed by atoms with Gasteiger partial charge in [-0.2, -0.15) is 9.97 Å². The summed E-state index contributed by atoms with van der Waals surface area (Å²) < 4.78 is 6.92. The quantitative estimate of drug-likeness (QED) is 0.177. The lowest BCUT2D eigenvalue weighted by molar-refractivity contribution is 0.954. The summed E-state index contributed by atoms with van der Waals surface area (Å²) in [6.07, 6.45) is 0. The SMILES string of the molecule is c1ccc(-c2nc(-c3ccc4c(c3)c3ccccc3n4-c3ccccc3)nc(-n3c4ccccc4c4cc5c(cc43)c3ccccc3n5-c3ccccc3)n2)cc1. The first-order valence-corrected chi connectivity index (χ1v) is 19.2. The van der Waals surface area contributed by atoms with E-state index in [2.05, 4.69) is 190 Å². The normalized spacial score (nSPS) is 11.9. The van der Waals surface area contributed by atoms with Gasteiger partial charge in [-0.15, -0.1) is 0 Å². The molecule has 0 unspecified atom stereocenters. The highest BCUT2D eigenvalue weighted by Gasteiger charge is 2.22. The van der Waals surface area contributed by atoms with Crippen molar-refractivity contribution in [1.29, 1.82) is 0 Å². The fourth-order valence-electron chi connectivity index (χ4n) is 8.78. The Kier molecular flexibility index (Phi) is 6.83. The van der Waals surface area contributed by atoms with Crippen LogP contribution in [0.2, 0.25) is 0 Å². The Morgan fingerprint density at radius 2 is 0.667 bits per heavy atom. The second-order valence-electron chi connectivity index (χ2n) is 14.5. The van der Waals surface area contributed by atoms with Crippen molar-refractivity contribution >= 4 is 65.4 Å². The number of fused-ring (bicyclic) bond motifs is 9. The third kappa shape index (κ3) is 4.81. The standard InChI is InChI=1S/C51H32N6/c1-4-16-33(17-5-1)49-52-50(34-28-29-46-40(30-34)37-22-10-13-25-43(37)55(46)35-18-6-2-7-19-35)54-51(53-49)57-45-27-15-12-24-39(45)42-31-47-41(32-48(42)57)38-23-11-14-26-44(38)56(47)36-20-8-3-9-21-36/h1-32H. The van der Waals surface area contributed by atoms with Crippen LogP contribution in [0, 0.1) is 0 Å². The maximum absolute atomic E-state index is 5.35. The molecule has 12 aromatic rings. The smallest absolute Gasteiger partial charge is 0.238 e. The fraction of sp³-hybridized carbons (Fsp3) is 0. The van der Waals surface area contributed by atoms with Gasteiger partial charge in [0.15, 0.2) is 11.6 Å². The van der Waals surface area contributed by atoms with Gasteiger partial charge in [-0.1, -0.05) is 121 Å². The average Bonchev–Trinajstić information content (AvgIpc) is 3.91. The molecular formula is C51H32N6. The molecule has 266 valence electrons. The number of aromatic nitrogens is 6. The van der Waals surface area contributed by atoms with Gasteiger partial charge in [-0.05, 0) is 72.8 Å². The van der Waals surface area contributed by atoms with E-state index in [1.165, 1.54) is 21.7 Å². The van der Waals surface area contributed by atoms with Crippen LogP contribution in [0.15, 0.2) is 194 Å². The summed E-state index contributed by atoms with van der Waals surface area (Å²) in [6, 6.07) is 68.4. The van der Waals surface area contributed by atoms with E-state index >= 15 is 0 Å². The summed E-state index contributed by atoms with van der Waals surface area (Å²) in [5, 5.41) is 6.96. The van der Waals surface area contributed by atoms with E-state index in [0.717, 1.165) is 66.2 Å². The third-order valence-corrected chi connectivity index (χ3v) is 11.3. The van der Waals surface area contributed by atoms with Gasteiger partial charge < -0.3 is 9.13 Å². The summed E-state index contributed by atoms with van der Waals surface area (Å²) >= 11 is 0. The fourth-order valence-corrected chi connectivity index (χ4v) is 8.78. The van der Waals surface area contributed by atoms with E-state index in [9.17, 15) is 0 Å². The van der Waals surface area contributed by atoms with Crippen molar-refractivity contribution < 1.29 is 0 Å². The van der Waals surface area contributed by atoms with Crippen LogP contribution in [0.1, 0.15) is 0 Å². The molecule has 6 heteroatoms. The molecule has 0 fully saturated rings. The van der Waals surface area contributed by atoms with Crippen LogP contribution in [0.25, 0.3) is 106 Å². The lowest BCUT2D eigenvalue weighted by Gasteiger charge is -2.12. The number of rotatable bonds is 5. The Balaban J connectivity index is 1.14. The Morgan fingerprint density at radius 3 is 1.23 bits per heavy atom. The van der Waals surface area contributed by atoms with Gasteiger partial charge in [0.1, 0.15) is 0 Å². The van der Waals surface area contributed by atoms with Crippen LogP contribution in [-0.2, 0) is 0 Å². The monoisotopic (exact) mass is 728 g/mol. The van der Waals surface area contributed by atoms with Crippen LogP contribution < -0.4 is 0 Å². The van der Waals surface area contributed by atoms with E-state index < -0.39 is 0 Å². The van der Waals surface area contributed by atoms with E-state index in [1.54, 1.807) is 0 Å². The predicted octanol–water partition coefficient (Wildman–Crippen LogP) is 12.5. The molecule has 57 heavy (non-hydrogen) atoms. The molecule has 0 spiro atoms. The molecule has 0 atom stereocenters. The average molecular weight is 729 g/mol. The number of para-hydroxylation sites is 5. The minimum Gasteiger partial charge on any atom is -0.309 e. The van der Waals surface area contributed by atoms with Crippen LogP contribution in [0.4, 0.5) is 0 Å². The molecule has 0 radical (unpaired) electrons. The molecule has 12 rings (SSSR count). The van der Waals surface area contributed by atoms with Crippen molar-refractivity contribution in [2.45, 2.75) is 0 Å². The first-order valence-electron chi connectivity index (χ1n) is 19.2. The number of benzene rings is 8. The molecule has 4 aromatic heterocycles. The molecule has 0 aliphatic heterocycles. The molecule has 0 bridgehead atoms. The van der Waals surface area contributed by atoms with Gasteiger partial charge in [0.05, 0.1) is 33.1 Å². The highest BCUT2D eigenvalue weighted by atomic mass is 15.2. The molecular weight excluding hydrogens is 697 g/mol. The highest BCUT2D eigenvalue weighted by molar-refractivity contribution is 6.19. The van der Waals surface area contributed by atoms with E-state index in [0.29, 0.717) is 17.6 Å². The lowest BCUT2D eigenvalue weighted by atomic mass is 10.1. The number of hydrogen-bond acceptors (Lipinski definition) is 3. The molecule has 0 amide bonds. The molecule has 0 aliphatic carbocycles. The maximum atomic E-state index is 5.35. The first-order chi connectivity index (χ1) is 28.3. The largest absolute Gasteiger partial charge is 0.309 e. The zero-order valence-corrected chi connectivity index (χ0v) is 30.7. The maximum Gasteiger partial charge on any atom is 0.238 e. The van der Waals surface area contributed by atoms with Crippen LogP contribution in [-0.4, -0.2) is 28.7 Å². The zero-order valence-electron chi connectivity index (χ0n) is 30.7. The molecule has 0 aliphatic rings. The van der Waals surface area contributed by atoms with Gasteiger partial charge in [0.25, 0.3) is 0 Å². The first kappa shape index (κ1) is 31.5. The molecule has 0 N–H and O–H groups in total. The Bertz CT molecular complexity index is 3510. The van der Waals surface area contributed by atoms with Gasteiger partial charge >= 0.3 is 0 Å². The molecule has 4 heterocycles. The second kappa shape index (κ2) is 12.3.